The predicted molar refractivity (Wildman–Crippen MR) is 94.2 cm³/mol. The lowest BCUT2D eigenvalue weighted by Gasteiger charge is -2.30. The van der Waals surface area contributed by atoms with Gasteiger partial charge in [0.15, 0.2) is 5.82 Å². The molecule has 2 aromatic heterocycles. The van der Waals surface area contributed by atoms with E-state index in [1.807, 2.05) is 29.1 Å². The molecule has 1 aliphatic heterocycles. The molecule has 0 unspecified atom stereocenters. The third-order valence-electron chi connectivity index (χ3n) is 4.41. The fourth-order valence-electron chi connectivity index (χ4n) is 2.87. The van der Waals surface area contributed by atoms with Crippen molar-refractivity contribution < 1.29 is 0 Å². The fraction of sp³-hybridized carbons (Fsp3) is 0.556. The normalized spacial score (nSPS) is 17.4. The van der Waals surface area contributed by atoms with Gasteiger partial charge in [0.1, 0.15) is 5.82 Å². The molecule has 1 aliphatic rings. The molecule has 0 aromatic carbocycles. The summed E-state index contributed by atoms with van der Waals surface area (Å²) in [6, 6.07) is 8.60. The van der Waals surface area contributed by atoms with E-state index in [9.17, 15) is 0 Å². The zero-order valence-electron chi connectivity index (χ0n) is 14.6. The van der Waals surface area contributed by atoms with Crippen LogP contribution in [0.15, 0.2) is 30.5 Å². The molecule has 23 heavy (non-hydrogen) atoms. The average Bonchev–Trinajstić information content (AvgIpc) is 2.94. The van der Waals surface area contributed by atoms with Crippen molar-refractivity contribution in [3.05, 3.63) is 36.2 Å². The minimum Gasteiger partial charge on any atom is -0.367 e. The van der Waals surface area contributed by atoms with Gasteiger partial charge in [-0.1, -0.05) is 26.8 Å². The molecule has 0 bridgehead atoms. The van der Waals surface area contributed by atoms with Gasteiger partial charge in [0, 0.05) is 23.7 Å². The molecule has 0 atom stereocenters. The van der Waals surface area contributed by atoms with Crippen molar-refractivity contribution in [2.45, 2.75) is 45.1 Å². The smallest absolute Gasteiger partial charge is 0.155 e. The first kappa shape index (κ1) is 16.0. The van der Waals surface area contributed by atoms with E-state index in [2.05, 4.69) is 49.1 Å². The summed E-state index contributed by atoms with van der Waals surface area (Å²) in [5, 5.41) is 8.51. The molecule has 124 valence electrons. The van der Waals surface area contributed by atoms with Crippen LogP contribution < -0.4 is 5.32 Å². The van der Waals surface area contributed by atoms with Crippen molar-refractivity contribution in [1.29, 1.82) is 0 Å². The largest absolute Gasteiger partial charge is 0.367 e. The first-order valence-electron chi connectivity index (χ1n) is 8.40. The number of likely N-dealkylation sites (tertiary alicyclic amines) is 1. The van der Waals surface area contributed by atoms with E-state index in [1.165, 1.54) is 0 Å². The molecule has 5 nitrogen and oxygen atoms in total. The molecule has 0 radical (unpaired) electrons. The first-order valence-corrected chi connectivity index (χ1v) is 8.40. The van der Waals surface area contributed by atoms with E-state index in [4.69, 9.17) is 5.10 Å². The molecule has 1 saturated heterocycles. The quantitative estimate of drug-likeness (QED) is 0.946. The molecule has 3 rings (SSSR count). The second-order valence-corrected chi connectivity index (χ2v) is 7.49. The second-order valence-electron chi connectivity index (χ2n) is 7.49. The molecule has 1 fully saturated rings. The van der Waals surface area contributed by atoms with Gasteiger partial charge in [-0.3, -0.25) is 0 Å². The third kappa shape index (κ3) is 3.72. The molecule has 2 aromatic rings. The van der Waals surface area contributed by atoms with E-state index in [-0.39, 0.29) is 5.41 Å². The van der Waals surface area contributed by atoms with Gasteiger partial charge in [-0.2, -0.15) is 9.78 Å². The monoisotopic (exact) mass is 313 g/mol. The van der Waals surface area contributed by atoms with Crippen molar-refractivity contribution in [3.63, 3.8) is 0 Å². The lowest BCUT2D eigenvalue weighted by molar-refractivity contribution is 0.263. The van der Waals surface area contributed by atoms with E-state index < -0.39 is 0 Å². The van der Waals surface area contributed by atoms with Crippen LogP contribution in [0.2, 0.25) is 0 Å². The summed E-state index contributed by atoms with van der Waals surface area (Å²) < 4.78 is 1.94. The van der Waals surface area contributed by atoms with E-state index in [0.717, 1.165) is 43.3 Å². The highest BCUT2D eigenvalue weighted by atomic mass is 15.4. The van der Waals surface area contributed by atoms with E-state index >= 15 is 0 Å². The maximum Gasteiger partial charge on any atom is 0.155 e. The van der Waals surface area contributed by atoms with Gasteiger partial charge in [-0.25, -0.2) is 4.98 Å². The lowest BCUT2D eigenvalue weighted by atomic mass is 9.92. The zero-order chi connectivity index (χ0) is 16.4. The molecule has 3 heterocycles. The Morgan fingerprint density at radius 3 is 2.52 bits per heavy atom. The highest BCUT2D eigenvalue weighted by molar-refractivity contribution is 5.45. The highest BCUT2D eigenvalue weighted by Gasteiger charge is 2.23. The summed E-state index contributed by atoms with van der Waals surface area (Å²) in [5.74, 6) is 1.90. The number of rotatable bonds is 3. The Labute approximate surface area is 138 Å². The maximum absolute atomic E-state index is 4.81. The van der Waals surface area contributed by atoms with E-state index in [1.54, 1.807) is 0 Å². The van der Waals surface area contributed by atoms with Crippen LogP contribution >= 0.6 is 0 Å². The molecular formula is C18H27N5. The third-order valence-corrected chi connectivity index (χ3v) is 4.41. The van der Waals surface area contributed by atoms with Crippen molar-refractivity contribution in [3.8, 4) is 5.82 Å². The number of aromatic nitrogens is 3. The molecule has 0 amide bonds. The summed E-state index contributed by atoms with van der Waals surface area (Å²) >= 11 is 0. The Morgan fingerprint density at radius 1 is 1.17 bits per heavy atom. The molecule has 0 aliphatic carbocycles. The summed E-state index contributed by atoms with van der Waals surface area (Å²) in [4.78, 5) is 6.85. The average molecular weight is 313 g/mol. The van der Waals surface area contributed by atoms with Crippen LogP contribution in [0.1, 0.15) is 39.3 Å². The minimum absolute atomic E-state index is 0.0171. The SMILES string of the molecule is CN1CCC(Nc2cc(C(C)(C)C)nn2-c2ccccn2)CC1. The summed E-state index contributed by atoms with van der Waals surface area (Å²) in [6.07, 6.45) is 4.14. The van der Waals surface area contributed by atoms with Crippen LogP contribution in [0.25, 0.3) is 5.82 Å². The van der Waals surface area contributed by atoms with E-state index in [0.29, 0.717) is 6.04 Å². The van der Waals surface area contributed by atoms with Gasteiger partial charge in [0.25, 0.3) is 0 Å². The van der Waals surface area contributed by atoms with Crippen LogP contribution in [-0.4, -0.2) is 45.8 Å². The number of hydrogen-bond donors (Lipinski definition) is 1. The van der Waals surface area contributed by atoms with Crippen molar-refractivity contribution in [2.75, 3.05) is 25.5 Å². The van der Waals surface area contributed by atoms with Crippen LogP contribution in [0, 0.1) is 0 Å². The first-order chi connectivity index (χ1) is 10.9. The van der Waals surface area contributed by atoms with Gasteiger partial charge in [-0.15, -0.1) is 0 Å². The van der Waals surface area contributed by atoms with Crippen LogP contribution in [0.3, 0.4) is 0 Å². The van der Waals surface area contributed by atoms with Gasteiger partial charge in [-0.05, 0) is 45.1 Å². The Hall–Kier alpha value is -1.88. The zero-order valence-corrected chi connectivity index (χ0v) is 14.6. The van der Waals surface area contributed by atoms with Gasteiger partial charge >= 0.3 is 0 Å². The number of piperidine rings is 1. The summed E-state index contributed by atoms with van der Waals surface area (Å²) in [6.45, 7) is 8.86. The molecule has 0 saturated carbocycles. The van der Waals surface area contributed by atoms with Gasteiger partial charge < -0.3 is 10.2 Å². The predicted octanol–water partition coefficient (Wildman–Crippen LogP) is 3.07. The molecule has 0 spiro atoms. The fourth-order valence-corrected chi connectivity index (χ4v) is 2.87. The van der Waals surface area contributed by atoms with Crippen LogP contribution in [0.4, 0.5) is 5.82 Å². The van der Waals surface area contributed by atoms with Crippen LogP contribution in [0.5, 0.6) is 0 Å². The van der Waals surface area contributed by atoms with Gasteiger partial charge in [0.2, 0.25) is 0 Å². The molecular weight excluding hydrogens is 286 g/mol. The Bertz CT molecular complexity index is 633. The number of pyridine rings is 1. The summed E-state index contributed by atoms with van der Waals surface area (Å²) in [5.41, 5.74) is 1.10. The Kier molecular flexibility index (Phi) is 4.39. The van der Waals surface area contributed by atoms with Crippen LogP contribution in [-0.2, 0) is 5.41 Å². The Balaban J connectivity index is 1.90. The minimum atomic E-state index is 0.0171. The highest BCUT2D eigenvalue weighted by Crippen LogP contribution is 2.27. The number of anilines is 1. The number of nitrogens with one attached hydrogen (secondary N) is 1. The summed E-state index contributed by atoms with van der Waals surface area (Å²) in [7, 11) is 2.19. The lowest BCUT2D eigenvalue weighted by Crippen LogP contribution is -2.37. The van der Waals surface area contributed by atoms with Crippen molar-refractivity contribution >= 4 is 5.82 Å². The molecule has 5 heteroatoms. The van der Waals surface area contributed by atoms with Gasteiger partial charge in [0.05, 0.1) is 5.69 Å². The number of hydrogen-bond acceptors (Lipinski definition) is 4. The second kappa shape index (κ2) is 6.32. The van der Waals surface area contributed by atoms with Crippen molar-refractivity contribution in [1.82, 2.24) is 19.7 Å². The van der Waals surface area contributed by atoms with Crippen molar-refractivity contribution in [2.24, 2.45) is 0 Å². The number of nitrogens with zero attached hydrogens (tertiary/aromatic N) is 4. The molecule has 1 N–H and O–H groups in total. The maximum atomic E-state index is 4.81. The standard InChI is InChI=1S/C18H27N5/c1-18(2,3)15-13-17(20-14-8-11-22(4)12-9-14)23(21-15)16-7-5-6-10-19-16/h5-7,10,13-14,20H,8-9,11-12H2,1-4H3. The topological polar surface area (TPSA) is 46.0 Å². The Morgan fingerprint density at radius 2 is 1.91 bits per heavy atom.